The van der Waals surface area contributed by atoms with Gasteiger partial charge in [-0.25, -0.2) is 4.98 Å². The second-order valence-electron chi connectivity index (χ2n) is 5.47. The molecule has 1 atom stereocenters. The van der Waals surface area contributed by atoms with Gasteiger partial charge in [-0.05, 0) is 27.7 Å². The van der Waals surface area contributed by atoms with E-state index in [-0.39, 0.29) is 24.3 Å². The van der Waals surface area contributed by atoms with Crippen LogP contribution in [0.1, 0.15) is 51.8 Å². The number of methoxy groups -OCH3 is 1. The molecular weight excluding hydrogens is 230 g/mol. The molecule has 0 saturated heterocycles. The Bertz CT molecular complexity index is 405. The van der Waals surface area contributed by atoms with E-state index in [1.165, 1.54) is 7.11 Å². The van der Waals surface area contributed by atoms with Gasteiger partial charge in [-0.1, -0.05) is 0 Å². The molecule has 0 fully saturated rings. The number of nitrogens with two attached hydrogens (primary N) is 1. The SMILES string of the molecule is COC(=O)CC(c1cncn1C(C)C)C(C)(C)N. The number of hydrogen-bond donors (Lipinski definition) is 1. The molecule has 1 rings (SSSR count). The van der Waals surface area contributed by atoms with Crippen LogP contribution in [0.15, 0.2) is 12.5 Å². The molecule has 5 heteroatoms. The third-order valence-electron chi connectivity index (χ3n) is 3.11. The average molecular weight is 253 g/mol. The highest BCUT2D eigenvalue weighted by atomic mass is 16.5. The number of esters is 1. The first kappa shape index (κ1) is 14.7. The van der Waals surface area contributed by atoms with Crippen molar-refractivity contribution in [2.24, 2.45) is 5.73 Å². The molecule has 2 N–H and O–H groups in total. The maximum Gasteiger partial charge on any atom is 0.306 e. The Morgan fingerprint density at radius 3 is 2.61 bits per heavy atom. The molecule has 0 aliphatic carbocycles. The normalized spacial score (nSPS) is 13.7. The van der Waals surface area contributed by atoms with E-state index in [0.717, 1.165) is 5.69 Å². The summed E-state index contributed by atoms with van der Waals surface area (Å²) in [6, 6.07) is 0.282. The number of nitrogens with zero attached hydrogens (tertiary/aromatic N) is 2. The standard InChI is InChI=1S/C13H23N3O2/c1-9(2)16-8-15-7-11(16)10(13(3,4)14)6-12(17)18-5/h7-10H,6,14H2,1-5H3. The molecule has 0 bridgehead atoms. The quantitative estimate of drug-likeness (QED) is 0.813. The van der Waals surface area contributed by atoms with Crippen LogP contribution in [0, 0.1) is 0 Å². The number of ether oxygens (including phenoxy) is 1. The third-order valence-corrected chi connectivity index (χ3v) is 3.11. The number of hydrogen-bond acceptors (Lipinski definition) is 4. The Balaban J connectivity index is 3.10. The van der Waals surface area contributed by atoms with Crippen LogP contribution in [0.2, 0.25) is 0 Å². The summed E-state index contributed by atoms with van der Waals surface area (Å²) in [5.74, 6) is -0.370. The van der Waals surface area contributed by atoms with Crippen LogP contribution in [0.25, 0.3) is 0 Å². The third kappa shape index (κ3) is 3.32. The highest BCUT2D eigenvalue weighted by Crippen LogP contribution is 2.31. The monoisotopic (exact) mass is 253 g/mol. The van der Waals surface area contributed by atoms with E-state index < -0.39 is 5.54 Å². The van der Waals surface area contributed by atoms with E-state index in [2.05, 4.69) is 18.8 Å². The summed E-state index contributed by atoms with van der Waals surface area (Å²) in [5.41, 5.74) is 6.66. The predicted molar refractivity (Wildman–Crippen MR) is 70.3 cm³/mol. The Morgan fingerprint density at radius 1 is 1.56 bits per heavy atom. The lowest BCUT2D eigenvalue weighted by molar-refractivity contribution is -0.141. The van der Waals surface area contributed by atoms with E-state index in [0.29, 0.717) is 0 Å². The van der Waals surface area contributed by atoms with Crippen molar-refractivity contribution in [2.45, 2.75) is 51.6 Å². The zero-order valence-corrected chi connectivity index (χ0v) is 11.8. The number of carbonyl (C=O) groups is 1. The van der Waals surface area contributed by atoms with Gasteiger partial charge in [-0.2, -0.15) is 0 Å². The largest absolute Gasteiger partial charge is 0.469 e. The molecule has 0 saturated carbocycles. The zero-order chi connectivity index (χ0) is 13.9. The van der Waals surface area contributed by atoms with E-state index in [4.69, 9.17) is 10.5 Å². The van der Waals surface area contributed by atoms with Crippen LogP contribution in [-0.4, -0.2) is 28.2 Å². The molecule has 1 aromatic rings. The molecule has 0 radical (unpaired) electrons. The van der Waals surface area contributed by atoms with Crippen molar-refractivity contribution in [1.82, 2.24) is 9.55 Å². The number of rotatable bonds is 5. The fourth-order valence-corrected chi connectivity index (χ4v) is 2.02. The fraction of sp³-hybridized carbons (Fsp3) is 0.692. The van der Waals surface area contributed by atoms with Crippen LogP contribution in [0.4, 0.5) is 0 Å². The molecule has 0 aliphatic rings. The lowest BCUT2D eigenvalue weighted by Gasteiger charge is -2.31. The lowest BCUT2D eigenvalue weighted by Crippen LogP contribution is -2.41. The van der Waals surface area contributed by atoms with Crippen LogP contribution >= 0.6 is 0 Å². The average Bonchev–Trinajstić information content (AvgIpc) is 2.72. The molecule has 102 valence electrons. The van der Waals surface area contributed by atoms with Crippen LogP contribution in [-0.2, 0) is 9.53 Å². The van der Waals surface area contributed by atoms with Crippen molar-refractivity contribution in [3.8, 4) is 0 Å². The maximum atomic E-state index is 11.5. The summed E-state index contributed by atoms with van der Waals surface area (Å²) in [7, 11) is 1.39. The molecule has 0 amide bonds. The minimum absolute atomic E-state index is 0.116. The molecule has 1 aromatic heterocycles. The van der Waals surface area contributed by atoms with Crippen LogP contribution in [0.3, 0.4) is 0 Å². The second-order valence-corrected chi connectivity index (χ2v) is 5.47. The first-order valence-electron chi connectivity index (χ1n) is 6.14. The highest BCUT2D eigenvalue weighted by molar-refractivity contribution is 5.70. The number of carbonyl (C=O) groups excluding carboxylic acids is 1. The molecule has 1 unspecified atom stereocenters. The van der Waals surface area contributed by atoms with Crippen LogP contribution < -0.4 is 5.73 Å². The van der Waals surface area contributed by atoms with Crippen molar-refractivity contribution in [3.05, 3.63) is 18.2 Å². The molecule has 0 aromatic carbocycles. The molecule has 5 nitrogen and oxygen atoms in total. The van der Waals surface area contributed by atoms with Crippen molar-refractivity contribution in [3.63, 3.8) is 0 Å². The minimum Gasteiger partial charge on any atom is -0.469 e. The smallest absolute Gasteiger partial charge is 0.306 e. The summed E-state index contributed by atoms with van der Waals surface area (Å²) in [6.45, 7) is 7.98. The van der Waals surface area contributed by atoms with Gasteiger partial charge in [-0.3, -0.25) is 4.79 Å². The van der Waals surface area contributed by atoms with Gasteiger partial charge < -0.3 is 15.0 Å². The summed E-state index contributed by atoms with van der Waals surface area (Å²) < 4.78 is 6.79. The lowest BCUT2D eigenvalue weighted by atomic mass is 9.83. The summed E-state index contributed by atoms with van der Waals surface area (Å²) in [4.78, 5) is 15.7. The van der Waals surface area contributed by atoms with E-state index in [9.17, 15) is 4.79 Å². The topological polar surface area (TPSA) is 70.1 Å². The van der Waals surface area contributed by atoms with Gasteiger partial charge in [0.15, 0.2) is 0 Å². The van der Waals surface area contributed by atoms with Gasteiger partial charge in [0.05, 0.1) is 19.9 Å². The Kier molecular flexibility index (Phi) is 4.51. The highest BCUT2D eigenvalue weighted by Gasteiger charge is 2.32. The van der Waals surface area contributed by atoms with E-state index >= 15 is 0 Å². The number of aromatic nitrogens is 2. The molecule has 0 spiro atoms. The van der Waals surface area contributed by atoms with Gasteiger partial charge >= 0.3 is 5.97 Å². The Labute approximate surface area is 108 Å². The molecule has 0 aliphatic heterocycles. The number of imidazole rings is 1. The van der Waals surface area contributed by atoms with Gasteiger partial charge in [0.1, 0.15) is 0 Å². The summed E-state index contributed by atoms with van der Waals surface area (Å²) in [5, 5.41) is 0. The first-order valence-corrected chi connectivity index (χ1v) is 6.14. The predicted octanol–water partition coefficient (Wildman–Crippen LogP) is 1.85. The molecule has 18 heavy (non-hydrogen) atoms. The maximum absolute atomic E-state index is 11.5. The van der Waals surface area contributed by atoms with Gasteiger partial charge in [0, 0.05) is 29.4 Å². The molecule has 1 heterocycles. The first-order chi connectivity index (χ1) is 8.27. The zero-order valence-electron chi connectivity index (χ0n) is 11.8. The summed E-state index contributed by atoms with van der Waals surface area (Å²) in [6.07, 6.45) is 3.82. The van der Waals surface area contributed by atoms with Gasteiger partial charge in [-0.15, -0.1) is 0 Å². The molecular formula is C13H23N3O2. The van der Waals surface area contributed by atoms with Gasteiger partial charge in [0.25, 0.3) is 0 Å². The van der Waals surface area contributed by atoms with Gasteiger partial charge in [0.2, 0.25) is 0 Å². The minimum atomic E-state index is -0.513. The van der Waals surface area contributed by atoms with E-state index in [1.54, 1.807) is 12.5 Å². The van der Waals surface area contributed by atoms with Crippen LogP contribution in [0.5, 0.6) is 0 Å². The van der Waals surface area contributed by atoms with Crippen molar-refractivity contribution < 1.29 is 9.53 Å². The van der Waals surface area contributed by atoms with E-state index in [1.807, 2.05) is 18.4 Å². The summed E-state index contributed by atoms with van der Waals surface area (Å²) >= 11 is 0. The second kappa shape index (κ2) is 5.52. The van der Waals surface area contributed by atoms with Crippen molar-refractivity contribution >= 4 is 5.97 Å². The Morgan fingerprint density at radius 2 is 2.17 bits per heavy atom. The van der Waals surface area contributed by atoms with Crippen molar-refractivity contribution in [2.75, 3.05) is 7.11 Å². The Hall–Kier alpha value is -1.36. The fourth-order valence-electron chi connectivity index (χ4n) is 2.02. The van der Waals surface area contributed by atoms with Crippen molar-refractivity contribution in [1.29, 1.82) is 0 Å².